The van der Waals surface area contributed by atoms with Crippen molar-refractivity contribution >= 4 is 0 Å². The molecule has 0 N–H and O–H groups in total. The Morgan fingerprint density at radius 3 is 1.05 bits per heavy atom. The van der Waals surface area contributed by atoms with Gasteiger partial charge in [0.05, 0.1) is 0 Å². The van der Waals surface area contributed by atoms with E-state index in [0.29, 0.717) is 0 Å². The van der Waals surface area contributed by atoms with E-state index in [1.54, 1.807) is 0 Å². The molecule has 0 heterocycles. The Hall–Kier alpha value is 0. The fourth-order valence-corrected chi connectivity index (χ4v) is 4.22. The highest BCUT2D eigenvalue weighted by atomic mass is 14.3. The van der Waals surface area contributed by atoms with Gasteiger partial charge in [0.2, 0.25) is 0 Å². The van der Waals surface area contributed by atoms with Gasteiger partial charge >= 0.3 is 0 Å². The third kappa shape index (κ3) is 9.21. The molecule has 132 valence electrons. The van der Waals surface area contributed by atoms with Crippen LogP contribution in [0.3, 0.4) is 0 Å². The van der Waals surface area contributed by atoms with E-state index in [0.717, 1.165) is 23.7 Å². The van der Waals surface area contributed by atoms with Crippen LogP contribution in [0.2, 0.25) is 0 Å². The largest absolute Gasteiger partial charge is 0.0625 e. The van der Waals surface area contributed by atoms with Crippen LogP contribution in [0, 0.1) is 23.7 Å². The minimum Gasteiger partial charge on any atom is -0.0625 e. The number of hydrogen-bond acceptors (Lipinski definition) is 0. The Morgan fingerprint density at radius 2 is 0.773 bits per heavy atom. The van der Waals surface area contributed by atoms with Crippen LogP contribution in [0.4, 0.5) is 0 Å². The molecule has 0 nitrogen and oxygen atoms in total. The first-order chi connectivity index (χ1) is 10.6. The van der Waals surface area contributed by atoms with Gasteiger partial charge in [-0.2, -0.15) is 0 Å². The Bertz CT molecular complexity index is 213. The maximum absolute atomic E-state index is 2.40. The average molecular weight is 309 g/mol. The molecular formula is C22H44. The molecule has 0 radical (unpaired) electrons. The molecule has 3 aliphatic rings. The van der Waals surface area contributed by atoms with E-state index in [1.165, 1.54) is 89.9 Å². The summed E-state index contributed by atoms with van der Waals surface area (Å²) in [5.74, 6) is 3.97. The quantitative estimate of drug-likeness (QED) is 0.425. The molecule has 3 saturated carbocycles. The summed E-state index contributed by atoms with van der Waals surface area (Å²) in [5, 5.41) is 0. The van der Waals surface area contributed by atoms with Crippen LogP contribution in [-0.4, -0.2) is 0 Å². The molecule has 0 aliphatic heterocycles. The lowest BCUT2D eigenvalue weighted by Gasteiger charge is -2.31. The predicted molar refractivity (Wildman–Crippen MR) is 101 cm³/mol. The first-order valence-corrected chi connectivity index (χ1v) is 10.6. The molecule has 3 rings (SSSR count). The minimum absolute atomic E-state index is 0.971. The zero-order chi connectivity index (χ0) is 16.2. The van der Waals surface area contributed by atoms with Gasteiger partial charge in [0.25, 0.3) is 0 Å². The molecule has 0 bridgehead atoms. The fraction of sp³-hybridized carbons (Fsp3) is 1.00. The van der Waals surface area contributed by atoms with Crippen LogP contribution in [0.15, 0.2) is 0 Å². The molecule has 0 amide bonds. The van der Waals surface area contributed by atoms with Crippen molar-refractivity contribution in [1.82, 2.24) is 0 Å². The van der Waals surface area contributed by atoms with E-state index in [4.69, 9.17) is 0 Å². The van der Waals surface area contributed by atoms with E-state index in [1.807, 2.05) is 0 Å². The Labute approximate surface area is 141 Å². The van der Waals surface area contributed by atoms with E-state index in [-0.39, 0.29) is 0 Å². The van der Waals surface area contributed by atoms with Gasteiger partial charge in [-0.3, -0.25) is 0 Å². The first-order valence-electron chi connectivity index (χ1n) is 10.6. The molecule has 0 aromatic rings. The van der Waals surface area contributed by atoms with Crippen molar-refractivity contribution in [2.24, 2.45) is 23.7 Å². The standard InChI is InChI=1S/C9H18.C7H14.C6H12/c1-7-5-4-6-8(2)9(7)3;1-7-5-3-2-4-6-7;1-2-4-6-5-3-1/h7-9H,4-6H2,1-3H3;7H,2-6H2,1H3;1-6H2. The maximum atomic E-state index is 2.40. The van der Waals surface area contributed by atoms with Crippen LogP contribution >= 0.6 is 0 Å². The Morgan fingerprint density at radius 1 is 0.409 bits per heavy atom. The second-order valence-corrected chi connectivity index (χ2v) is 8.61. The highest BCUT2D eigenvalue weighted by Crippen LogP contribution is 2.33. The summed E-state index contributed by atoms with van der Waals surface area (Å²) >= 11 is 0. The molecule has 0 aromatic carbocycles. The molecule has 0 aromatic heterocycles. The van der Waals surface area contributed by atoms with Crippen molar-refractivity contribution in [3.8, 4) is 0 Å². The van der Waals surface area contributed by atoms with Crippen LogP contribution < -0.4 is 0 Å². The van der Waals surface area contributed by atoms with Gasteiger partial charge in [-0.15, -0.1) is 0 Å². The van der Waals surface area contributed by atoms with Gasteiger partial charge in [-0.1, -0.05) is 118 Å². The third-order valence-corrected chi connectivity index (χ3v) is 6.51. The molecule has 3 aliphatic carbocycles. The Balaban J connectivity index is 0.000000169. The topological polar surface area (TPSA) is 0 Å². The maximum Gasteiger partial charge on any atom is -0.0391 e. The fourth-order valence-electron chi connectivity index (χ4n) is 4.22. The molecule has 2 atom stereocenters. The first kappa shape index (κ1) is 20.0. The lowest BCUT2D eigenvalue weighted by atomic mass is 9.75. The second kappa shape index (κ2) is 12.4. The normalized spacial score (nSPS) is 33.0. The molecule has 2 unspecified atom stereocenters. The average Bonchev–Trinajstić information content (AvgIpc) is 2.56. The molecule has 0 spiro atoms. The zero-order valence-electron chi connectivity index (χ0n) is 16.2. The van der Waals surface area contributed by atoms with Gasteiger partial charge in [0.15, 0.2) is 0 Å². The van der Waals surface area contributed by atoms with Crippen molar-refractivity contribution < 1.29 is 0 Å². The smallest absolute Gasteiger partial charge is 0.0391 e. The SMILES string of the molecule is C1CCCCC1.CC1CCCC(C)C1C.CC1CCCCC1. The third-order valence-electron chi connectivity index (χ3n) is 6.51. The van der Waals surface area contributed by atoms with Crippen molar-refractivity contribution in [2.75, 3.05) is 0 Å². The second-order valence-electron chi connectivity index (χ2n) is 8.61. The highest BCUT2D eigenvalue weighted by Gasteiger charge is 2.22. The van der Waals surface area contributed by atoms with Gasteiger partial charge in [-0.05, 0) is 23.7 Å². The lowest BCUT2D eigenvalue weighted by Crippen LogP contribution is -2.21. The summed E-state index contributed by atoms with van der Waals surface area (Å²) in [7, 11) is 0. The molecular weight excluding hydrogens is 264 g/mol. The van der Waals surface area contributed by atoms with Crippen LogP contribution in [-0.2, 0) is 0 Å². The zero-order valence-corrected chi connectivity index (χ0v) is 16.2. The van der Waals surface area contributed by atoms with E-state index in [9.17, 15) is 0 Å². The van der Waals surface area contributed by atoms with Crippen molar-refractivity contribution in [3.05, 3.63) is 0 Å². The summed E-state index contributed by atoms with van der Waals surface area (Å²) in [6.45, 7) is 9.54. The van der Waals surface area contributed by atoms with Crippen LogP contribution in [0.25, 0.3) is 0 Å². The molecule has 0 saturated heterocycles. The van der Waals surface area contributed by atoms with E-state index >= 15 is 0 Å². The van der Waals surface area contributed by atoms with Crippen molar-refractivity contribution in [2.45, 2.75) is 118 Å². The summed E-state index contributed by atoms with van der Waals surface area (Å²) in [6, 6.07) is 0. The van der Waals surface area contributed by atoms with E-state index < -0.39 is 0 Å². The number of rotatable bonds is 0. The summed E-state index contributed by atoms with van der Waals surface area (Å²) in [6.07, 6.45) is 20.8. The predicted octanol–water partition coefficient (Wildman–Crippen LogP) is 8.01. The van der Waals surface area contributed by atoms with Crippen LogP contribution in [0.5, 0.6) is 0 Å². The molecule has 22 heavy (non-hydrogen) atoms. The van der Waals surface area contributed by atoms with E-state index in [2.05, 4.69) is 27.7 Å². The summed E-state index contributed by atoms with van der Waals surface area (Å²) in [4.78, 5) is 0. The highest BCUT2D eigenvalue weighted by molar-refractivity contribution is 4.73. The van der Waals surface area contributed by atoms with Gasteiger partial charge in [0.1, 0.15) is 0 Å². The van der Waals surface area contributed by atoms with Crippen LogP contribution in [0.1, 0.15) is 118 Å². The molecule has 3 fully saturated rings. The lowest BCUT2D eigenvalue weighted by molar-refractivity contribution is 0.197. The van der Waals surface area contributed by atoms with Crippen molar-refractivity contribution in [3.63, 3.8) is 0 Å². The monoisotopic (exact) mass is 308 g/mol. The number of hydrogen-bond donors (Lipinski definition) is 0. The minimum atomic E-state index is 0.971. The van der Waals surface area contributed by atoms with Gasteiger partial charge < -0.3 is 0 Å². The summed E-state index contributed by atoms with van der Waals surface area (Å²) < 4.78 is 0. The van der Waals surface area contributed by atoms with Gasteiger partial charge in [-0.25, -0.2) is 0 Å². The van der Waals surface area contributed by atoms with Crippen molar-refractivity contribution in [1.29, 1.82) is 0 Å². The summed E-state index contributed by atoms with van der Waals surface area (Å²) in [5.41, 5.74) is 0. The Kier molecular flexibility index (Phi) is 11.3. The van der Waals surface area contributed by atoms with Gasteiger partial charge in [0, 0.05) is 0 Å². The molecule has 0 heteroatoms.